The van der Waals surface area contributed by atoms with E-state index in [0.717, 1.165) is 0 Å². The molecule has 0 spiro atoms. The first-order chi connectivity index (χ1) is 13.5. The van der Waals surface area contributed by atoms with Gasteiger partial charge in [0.05, 0.1) is 42.2 Å². The molecule has 2 aromatic rings. The minimum absolute atomic E-state index is 0.0352. The van der Waals surface area contributed by atoms with E-state index in [2.05, 4.69) is 26.4 Å². The lowest BCUT2D eigenvalue weighted by atomic mass is 10.0. The number of methoxy groups -OCH3 is 1. The molecule has 1 aliphatic rings. The van der Waals surface area contributed by atoms with Gasteiger partial charge in [0.15, 0.2) is 0 Å². The Bertz CT molecular complexity index is 1040. The zero-order valence-electron chi connectivity index (χ0n) is 15.0. The van der Waals surface area contributed by atoms with E-state index in [4.69, 9.17) is 5.26 Å². The molecule has 0 aliphatic carbocycles. The first kappa shape index (κ1) is 18.8. The van der Waals surface area contributed by atoms with Crippen molar-refractivity contribution in [3.63, 3.8) is 0 Å². The zero-order valence-corrected chi connectivity index (χ0v) is 15.0. The summed E-state index contributed by atoms with van der Waals surface area (Å²) in [6.45, 7) is -0.254. The van der Waals surface area contributed by atoms with Crippen LogP contribution in [0.3, 0.4) is 0 Å². The maximum atomic E-state index is 12.3. The summed E-state index contributed by atoms with van der Waals surface area (Å²) in [6.07, 6.45) is 0.0352. The summed E-state index contributed by atoms with van der Waals surface area (Å²) in [5.41, 5.74) is 2.84. The molecular weight excluding hydrogens is 360 g/mol. The average molecular weight is 376 g/mol. The molecule has 2 aromatic carbocycles. The summed E-state index contributed by atoms with van der Waals surface area (Å²) in [5, 5.41) is 14.2. The Balaban J connectivity index is 1.91. The van der Waals surface area contributed by atoms with Crippen LogP contribution in [0.2, 0.25) is 0 Å². The molecule has 2 amide bonds. The number of anilines is 1. The summed E-state index contributed by atoms with van der Waals surface area (Å²) < 4.78 is 4.48. The Morgan fingerprint density at radius 1 is 1.29 bits per heavy atom. The molecule has 0 unspecified atom stereocenters. The van der Waals surface area contributed by atoms with Crippen molar-refractivity contribution in [1.29, 1.82) is 5.26 Å². The van der Waals surface area contributed by atoms with Crippen LogP contribution >= 0.6 is 0 Å². The van der Waals surface area contributed by atoms with Gasteiger partial charge in [-0.05, 0) is 35.9 Å². The Labute approximate surface area is 160 Å². The maximum absolute atomic E-state index is 12.3. The molecule has 8 nitrogen and oxygen atoms in total. The van der Waals surface area contributed by atoms with Crippen molar-refractivity contribution < 1.29 is 19.1 Å². The number of nitriles is 1. The fraction of sp³-hybridized carbons (Fsp3) is 0.150. The van der Waals surface area contributed by atoms with Gasteiger partial charge >= 0.3 is 5.97 Å². The molecule has 0 bridgehead atoms. The second kappa shape index (κ2) is 8.14. The van der Waals surface area contributed by atoms with E-state index >= 15 is 0 Å². The van der Waals surface area contributed by atoms with Crippen molar-refractivity contribution in [2.45, 2.75) is 6.42 Å². The molecule has 140 valence electrons. The van der Waals surface area contributed by atoms with E-state index < -0.39 is 11.9 Å². The Morgan fingerprint density at radius 3 is 2.86 bits per heavy atom. The number of hydrogen-bond acceptors (Lipinski definition) is 6. The highest BCUT2D eigenvalue weighted by atomic mass is 16.5. The number of ether oxygens (including phenoxy) is 1. The second-order valence-corrected chi connectivity index (χ2v) is 5.97. The van der Waals surface area contributed by atoms with E-state index in [9.17, 15) is 14.4 Å². The van der Waals surface area contributed by atoms with E-state index in [1.165, 1.54) is 13.2 Å². The minimum atomic E-state index is -0.565. The minimum Gasteiger partial charge on any atom is -0.468 e. The van der Waals surface area contributed by atoms with Gasteiger partial charge in [-0.3, -0.25) is 19.4 Å². The molecule has 8 heteroatoms. The van der Waals surface area contributed by atoms with Crippen molar-refractivity contribution in [2.75, 3.05) is 19.0 Å². The fourth-order valence-electron chi connectivity index (χ4n) is 2.67. The molecular formula is C20H16N4O4. The second-order valence-electron chi connectivity index (χ2n) is 5.97. The van der Waals surface area contributed by atoms with Gasteiger partial charge in [0.25, 0.3) is 5.91 Å². The molecule has 1 aliphatic heterocycles. The third kappa shape index (κ3) is 4.22. The fourth-order valence-corrected chi connectivity index (χ4v) is 2.67. The van der Waals surface area contributed by atoms with Crippen LogP contribution in [0.5, 0.6) is 0 Å². The van der Waals surface area contributed by atoms with Crippen LogP contribution in [-0.4, -0.2) is 37.1 Å². The van der Waals surface area contributed by atoms with Crippen LogP contribution in [0.15, 0.2) is 47.5 Å². The van der Waals surface area contributed by atoms with Gasteiger partial charge in [0.1, 0.15) is 6.54 Å². The van der Waals surface area contributed by atoms with Crippen LogP contribution in [0, 0.1) is 11.3 Å². The van der Waals surface area contributed by atoms with E-state index in [-0.39, 0.29) is 24.4 Å². The van der Waals surface area contributed by atoms with Gasteiger partial charge in [0.2, 0.25) is 5.91 Å². The normalized spacial score (nSPS) is 12.6. The number of esters is 1. The SMILES string of the molecule is COC(=O)CNC(=O)c1ccc2c(c1)NC(=O)CC(c1cccc(C#N)c1)=N2. The van der Waals surface area contributed by atoms with E-state index in [0.29, 0.717) is 28.2 Å². The smallest absolute Gasteiger partial charge is 0.325 e. The van der Waals surface area contributed by atoms with Crippen molar-refractivity contribution >= 4 is 34.9 Å². The highest BCUT2D eigenvalue weighted by Crippen LogP contribution is 2.30. The number of carbonyl (C=O) groups excluding carboxylic acids is 3. The lowest BCUT2D eigenvalue weighted by molar-refractivity contribution is -0.139. The molecule has 0 saturated carbocycles. The monoisotopic (exact) mass is 376 g/mol. The Hall–Kier alpha value is -3.99. The van der Waals surface area contributed by atoms with Crippen molar-refractivity contribution in [1.82, 2.24) is 5.32 Å². The molecule has 1 heterocycles. The van der Waals surface area contributed by atoms with Crippen molar-refractivity contribution in [3.8, 4) is 6.07 Å². The molecule has 0 aromatic heterocycles. The van der Waals surface area contributed by atoms with Crippen LogP contribution in [0.25, 0.3) is 0 Å². The number of rotatable bonds is 4. The number of carbonyl (C=O) groups is 3. The molecule has 2 N–H and O–H groups in total. The van der Waals surface area contributed by atoms with E-state index in [1.807, 2.05) is 0 Å². The number of nitrogens with zero attached hydrogens (tertiary/aromatic N) is 2. The summed E-state index contributed by atoms with van der Waals surface area (Å²) in [7, 11) is 1.23. The molecule has 0 atom stereocenters. The zero-order chi connectivity index (χ0) is 20.1. The molecule has 0 fully saturated rings. The molecule has 0 radical (unpaired) electrons. The van der Waals surface area contributed by atoms with E-state index in [1.54, 1.807) is 36.4 Å². The van der Waals surface area contributed by atoms with Gasteiger partial charge < -0.3 is 15.4 Å². The highest BCUT2D eigenvalue weighted by molar-refractivity contribution is 6.17. The topological polar surface area (TPSA) is 121 Å². The average Bonchev–Trinajstić information content (AvgIpc) is 2.88. The first-order valence-electron chi connectivity index (χ1n) is 8.37. The summed E-state index contributed by atoms with van der Waals surface area (Å²) >= 11 is 0. The van der Waals surface area contributed by atoms with Gasteiger partial charge in [-0.1, -0.05) is 12.1 Å². The number of nitrogens with one attached hydrogen (secondary N) is 2. The lowest BCUT2D eigenvalue weighted by Gasteiger charge is -2.08. The third-order valence-corrected chi connectivity index (χ3v) is 4.06. The van der Waals surface area contributed by atoms with Crippen LogP contribution in [0.1, 0.15) is 27.9 Å². The number of fused-ring (bicyclic) bond motifs is 1. The van der Waals surface area contributed by atoms with Crippen LogP contribution in [-0.2, 0) is 14.3 Å². The molecule has 0 saturated heterocycles. The predicted molar refractivity (Wildman–Crippen MR) is 101 cm³/mol. The van der Waals surface area contributed by atoms with Crippen LogP contribution in [0.4, 0.5) is 11.4 Å². The van der Waals surface area contributed by atoms with Gasteiger partial charge in [-0.15, -0.1) is 0 Å². The molecule has 3 rings (SSSR count). The van der Waals surface area contributed by atoms with Gasteiger partial charge in [-0.2, -0.15) is 5.26 Å². The Morgan fingerprint density at radius 2 is 2.11 bits per heavy atom. The van der Waals surface area contributed by atoms with Crippen molar-refractivity contribution in [3.05, 3.63) is 59.2 Å². The third-order valence-electron chi connectivity index (χ3n) is 4.06. The summed E-state index contributed by atoms with van der Waals surface area (Å²) in [4.78, 5) is 40.2. The largest absolute Gasteiger partial charge is 0.468 e. The number of benzene rings is 2. The number of amides is 2. The maximum Gasteiger partial charge on any atom is 0.325 e. The highest BCUT2D eigenvalue weighted by Gasteiger charge is 2.19. The standard InChI is InChI=1S/C20H16N4O4/c1-28-19(26)11-22-20(27)14-5-6-15-17(8-14)24-18(25)9-16(23-15)13-4-2-3-12(7-13)10-21/h2-8H,9,11H2,1H3,(H,22,27)(H,24,25). The quantitative estimate of drug-likeness (QED) is 0.790. The van der Waals surface area contributed by atoms with Crippen LogP contribution < -0.4 is 10.6 Å². The van der Waals surface area contributed by atoms with Crippen molar-refractivity contribution in [2.24, 2.45) is 4.99 Å². The van der Waals surface area contributed by atoms with Gasteiger partial charge in [0, 0.05) is 5.56 Å². The molecule has 28 heavy (non-hydrogen) atoms. The summed E-state index contributed by atoms with van der Waals surface area (Å²) in [5.74, 6) is -1.32. The lowest BCUT2D eigenvalue weighted by Crippen LogP contribution is -2.30. The first-order valence-corrected chi connectivity index (χ1v) is 8.37. The van der Waals surface area contributed by atoms with Gasteiger partial charge in [-0.25, -0.2) is 0 Å². The summed E-state index contributed by atoms with van der Waals surface area (Å²) in [6, 6.07) is 13.6. The number of hydrogen-bond donors (Lipinski definition) is 2. The predicted octanol–water partition coefficient (Wildman–Crippen LogP) is 1.92. The Kier molecular flexibility index (Phi) is 5.46. The number of aliphatic imine (C=N–C) groups is 1.